The highest BCUT2D eigenvalue weighted by atomic mass is 35.5. The molecule has 0 aliphatic carbocycles. The second kappa shape index (κ2) is 10.6. The average Bonchev–Trinajstić information content (AvgIpc) is 2.65. The first-order chi connectivity index (χ1) is 12.8. The van der Waals surface area contributed by atoms with Gasteiger partial charge in [-0.25, -0.2) is 8.42 Å². The standard InChI is InChI=1S/C21H28N2O3S.ClH/c1-4-13-27(25,26)20-8-6-5-7-18(20)21(24)23-14-19(22)17-11-9-16(10-12-17)15(2)3;/h5-12,15,19H,4,13-14,22H2,1-3H3,(H,23,24);1H. The minimum atomic E-state index is -3.48. The highest BCUT2D eigenvalue weighted by Crippen LogP contribution is 2.19. The smallest absolute Gasteiger partial charge is 0.252 e. The maximum Gasteiger partial charge on any atom is 0.252 e. The summed E-state index contributed by atoms with van der Waals surface area (Å²) in [5.41, 5.74) is 8.50. The Morgan fingerprint density at radius 3 is 2.18 bits per heavy atom. The van der Waals surface area contributed by atoms with Gasteiger partial charge in [-0.05, 0) is 35.6 Å². The zero-order valence-electron chi connectivity index (χ0n) is 16.5. The lowest BCUT2D eigenvalue weighted by Gasteiger charge is -2.16. The topological polar surface area (TPSA) is 89.3 Å². The molecule has 0 saturated heterocycles. The number of hydrogen-bond acceptors (Lipinski definition) is 4. The third-order valence-electron chi connectivity index (χ3n) is 4.45. The summed E-state index contributed by atoms with van der Waals surface area (Å²) in [6.45, 7) is 6.27. The van der Waals surface area contributed by atoms with Crippen LogP contribution < -0.4 is 11.1 Å². The predicted molar refractivity (Wildman–Crippen MR) is 116 cm³/mol. The first-order valence-electron chi connectivity index (χ1n) is 9.21. The van der Waals surface area contributed by atoms with Crippen LogP contribution in [0.2, 0.25) is 0 Å². The fraction of sp³-hybridized carbons (Fsp3) is 0.381. The summed E-state index contributed by atoms with van der Waals surface area (Å²) < 4.78 is 24.8. The molecule has 7 heteroatoms. The van der Waals surface area contributed by atoms with E-state index >= 15 is 0 Å². The Morgan fingerprint density at radius 2 is 1.61 bits per heavy atom. The van der Waals surface area contributed by atoms with Crippen LogP contribution in [-0.4, -0.2) is 26.6 Å². The van der Waals surface area contributed by atoms with Crippen LogP contribution in [0.3, 0.4) is 0 Å². The lowest BCUT2D eigenvalue weighted by Crippen LogP contribution is -2.32. The maximum absolute atomic E-state index is 12.6. The maximum atomic E-state index is 12.6. The second-order valence-corrected chi connectivity index (χ2v) is 9.03. The zero-order chi connectivity index (χ0) is 20.0. The summed E-state index contributed by atoms with van der Waals surface area (Å²) in [5, 5.41) is 2.76. The number of rotatable bonds is 8. The fourth-order valence-corrected chi connectivity index (χ4v) is 4.39. The van der Waals surface area contributed by atoms with Gasteiger partial charge in [-0.2, -0.15) is 0 Å². The van der Waals surface area contributed by atoms with Gasteiger partial charge in [0.1, 0.15) is 0 Å². The van der Waals surface area contributed by atoms with E-state index in [0.29, 0.717) is 12.3 Å². The van der Waals surface area contributed by atoms with Gasteiger partial charge in [0.05, 0.1) is 16.2 Å². The van der Waals surface area contributed by atoms with E-state index in [1.54, 1.807) is 19.1 Å². The lowest BCUT2D eigenvalue weighted by atomic mass is 9.99. The molecule has 0 heterocycles. The van der Waals surface area contributed by atoms with Gasteiger partial charge in [-0.3, -0.25) is 4.79 Å². The van der Waals surface area contributed by atoms with Gasteiger partial charge in [-0.1, -0.05) is 57.2 Å². The summed E-state index contributed by atoms with van der Waals surface area (Å²) in [6, 6.07) is 13.9. The number of amides is 1. The number of benzene rings is 2. The minimum Gasteiger partial charge on any atom is -0.350 e. The number of nitrogens with two attached hydrogens (primary N) is 1. The van der Waals surface area contributed by atoms with Crippen molar-refractivity contribution in [2.45, 2.75) is 44.0 Å². The van der Waals surface area contributed by atoms with E-state index in [9.17, 15) is 13.2 Å². The summed E-state index contributed by atoms with van der Waals surface area (Å²) in [4.78, 5) is 12.6. The quantitative estimate of drug-likeness (QED) is 0.673. The van der Waals surface area contributed by atoms with E-state index in [-0.39, 0.29) is 41.2 Å². The van der Waals surface area contributed by atoms with Crippen molar-refractivity contribution < 1.29 is 13.2 Å². The summed E-state index contributed by atoms with van der Waals surface area (Å²) in [5.74, 6) is 0.0232. The molecule has 2 aromatic carbocycles. The SMILES string of the molecule is CCCS(=O)(=O)c1ccccc1C(=O)NCC(N)c1ccc(C(C)C)cc1.Cl. The van der Waals surface area contributed by atoms with Crippen LogP contribution in [0.5, 0.6) is 0 Å². The van der Waals surface area contributed by atoms with E-state index in [1.165, 1.54) is 17.7 Å². The molecule has 3 N–H and O–H groups in total. The number of carbonyl (C=O) groups excluding carboxylic acids is 1. The van der Waals surface area contributed by atoms with Crippen molar-refractivity contribution in [1.82, 2.24) is 5.32 Å². The molecular weight excluding hydrogens is 396 g/mol. The van der Waals surface area contributed by atoms with E-state index in [1.807, 2.05) is 24.3 Å². The Hall–Kier alpha value is -1.89. The molecule has 0 bridgehead atoms. The Labute approximate surface area is 174 Å². The molecule has 1 amide bonds. The van der Waals surface area contributed by atoms with Gasteiger partial charge in [-0.15, -0.1) is 12.4 Å². The Kier molecular flexibility index (Phi) is 9.14. The number of hydrogen-bond donors (Lipinski definition) is 2. The van der Waals surface area contributed by atoms with Crippen molar-refractivity contribution >= 4 is 28.2 Å². The van der Waals surface area contributed by atoms with Crippen molar-refractivity contribution in [3.63, 3.8) is 0 Å². The van der Waals surface area contributed by atoms with Crippen molar-refractivity contribution in [3.05, 3.63) is 65.2 Å². The zero-order valence-corrected chi connectivity index (χ0v) is 18.1. The van der Waals surface area contributed by atoms with Gasteiger partial charge in [0.25, 0.3) is 5.91 Å². The molecule has 1 atom stereocenters. The van der Waals surface area contributed by atoms with Gasteiger partial charge < -0.3 is 11.1 Å². The highest BCUT2D eigenvalue weighted by Gasteiger charge is 2.21. The third kappa shape index (κ3) is 6.06. The molecule has 0 aromatic heterocycles. The van der Waals surface area contributed by atoms with Crippen LogP contribution in [0.1, 0.15) is 60.6 Å². The molecule has 0 saturated carbocycles. The van der Waals surface area contributed by atoms with Gasteiger partial charge >= 0.3 is 0 Å². The van der Waals surface area contributed by atoms with E-state index in [4.69, 9.17) is 5.73 Å². The molecule has 5 nitrogen and oxygen atoms in total. The molecule has 0 radical (unpaired) electrons. The first-order valence-corrected chi connectivity index (χ1v) is 10.9. The Balaban J connectivity index is 0.00000392. The van der Waals surface area contributed by atoms with Crippen molar-refractivity contribution in [2.75, 3.05) is 12.3 Å². The largest absolute Gasteiger partial charge is 0.350 e. The summed E-state index contributed by atoms with van der Waals surface area (Å²) >= 11 is 0. The Morgan fingerprint density at radius 1 is 1.04 bits per heavy atom. The van der Waals surface area contributed by atoms with E-state index in [2.05, 4.69) is 19.2 Å². The molecule has 28 heavy (non-hydrogen) atoms. The van der Waals surface area contributed by atoms with E-state index in [0.717, 1.165) is 5.56 Å². The molecule has 1 unspecified atom stereocenters. The second-order valence-electron chi connectivity index (χ2n) is 6.95. The molecule has 2 rings (SSSR count). The molecule has 0 aliphatic heterocycles. The van der Waals surface area contributed by atoms with Gasteiger partial charge in [0, 0.05) is 12.6 Å². The lowest BCUT2D eigenvalue weighted by molar-refractivity contribution is 0.0948. The van der Waals surface area contributed by atoms with Gasteiger partial charge in [0.15, 0.2) is 9.84 Å². The number of carbonyl (C=O) groups is 1. The van der Waals surface area contributed by atoms with Crippen molar-refractivity contribution in [1.29, 1.82) is 0 Å². The minimum absolute atomic E-state index is 0. The van der Waals surface area contributed by atoms with Gasteiger partial charge in [0.2, 0.25) is 0 Å². The van der Waals surface area contributed by atoms with Crippen LogP contribution in [0.25, 0.3) is 0 Å². The molecule has 0 fully saturated rings. The third-order valence-corrected chi connectivity index (χ3v) is 6.43. The van der Waals surface area contributed by atoms with E-state index < -0.39 is 15.7 Å². The van der Waals surface area contributed by atoms with Crippen molar-refractivity contribution in [2.24, 2.45) is 5.73 Å². The average molecular weight is 425 g/mol. The molecule has 0 aliphatic rings. The number of sulfone groups is 1. The normalized spacial score (nSPS) is 12.3. The predicted octanol–water partition coefficient (Wildman–Crippen LogP) is 3.85. The van der Waals surface area contributed by atoms with Crippen LogP contribution in [0, 0.1) is 0 Å². The molecular formula is C21H29ClN2O3S. The van der Waals surface area contributed by atoms with Crippen LogP contribution in [0.4, 0.5) is 0 Å². The number of nitrogens with one attached hydrogen (secondary N) is 1. The first kappa shape index (κ1) is 24.1. The fourth-order valence-electron chi connectivity index (χ4n) is 2.85. The van der Waals surface area contributed by atoms with Crippen molar-refractivity contribution in [3.8, 4) is 0 Å². The Bertz CT molecular complexity index is 881. The van der Waals surface area contributed by atoms with Crippen LogP contribution in [-0.2, 0) is 9.84 Å². The molecule has 0 spiro atoms. The highest BCUT2D eigenvalue weighted by molar-refractivity contribution is 7.91. The van der Waals surface area contributed by atoms with Crippen LogP contribution >= 0.6 is 12.4 Å². The summed E-state index contributed by atoms with van der Waals surface area (Å²) in [7, 11) is -3.48. The monoisotopic (exact) mass is 424 g/mol. The molecule has 154 valence electrons. The molecule has 2 aromatic rings. The summed E-state index contributed by atoms with van der Waals surface area (Å²) in [6.07, 6.45) is 0.496. The van der Waals surface area contributed by atoms with Crippen LogP contribution in [0.15, 0.2) is 53.4 Å². The number of halogens is 1.